The first-order valence-corrected chi connectivity index (χ1v) is 6.19. The Labute approximate surface area is 124 Å². The fraction of sp³-hybridized carbons (Fsp3) is 0.727. The molecular weight excluding hydrogens is 306 g/mol. The molecular formula is C11H19NO10. The lowest BCUT2D eigenvalue weighted by molar-refractivity contribution is -0.164. The molecule has 1 saturated heterocycles. The van der Waals surface area contributed by atoms with Gasteiger partial charge >= 0.3 is 11.9 Å². The second kappa shape index (κ2) is 9.27. The minimum Gasteiger partial charge on any atom is -0.480 e. The van der Waals surface area contributed by atoms with Gasteiger partial charge in [-0.05, 0) is 6.42 Å². The summed E-state index contributed by atoms with van der Waals surface area (Å²) in [6.07, 6.45) is -7.07. The van der Waals surface area contributed by atoms with Crippen molar-refractivity contribution < 1.29 is 50.1 Å². The summed E-state index contributed by atoms with van der Waals surface area (Å²) in [7, 11) is 0. The SMILES string of the molecule is O=C(O)C(O)C(O)C(O)C(O)CO.O=C1CC[C@@H](C(=O)O)N1. The number of hydrogen-bond acceptors (Lipinski definition) is 8. The van der Waals surface area contributed by atoms with Crippen LogP contribution in [-0.2, 0) is 14.4 Å². The third kappa shape index (κ3) is 6.32. The number of rotatable bonds is 6. The van der Waals surface area contributed by atoms with Crippen molar-refractivity contribution in [2.75, 3.05) is 6.61 Å². The van der Waals surface area contributed by atoms with Crippen LogP contribution in [0.3, 0.4) is 0 Å². The summed E-state index contributed by atoms with van der Waals surface area (Å²) < 4.78 is 0. The Morgan fingerprint density at radius 2 is 1.68 bits per heavy atom. The number of aliphatic hydroxyl groups is 5. The third-order valence-electron chi connectivity index (χ3n) is 2.80. The van der Waals surface area contributed by atoms with E-state index in [1.54, 1.807) is 0 Å². The molecule has 5 atom stereocenters. The fourth-order valence-corrected chi connectivity index (χ4v) is 1.47. The van der Waals surface area contributed by atoms with Gasteiger partial charge in [0, 0.05) is 6.42 Å². The molecule has 0 aliphatic carbocycles. The van der Waals surface area contributed by atoms with Crippen molar-refractivity contribution in [3.63, 3.8) is 0 Å². The van der Waals surface area contributed by atoms with Gasteiger partial charge in [0.2, 0.25) is 5.91 Å². The molecule has 0 radical (unpaired) electrons. The average Bonchev–Trinajstić information content (AvgIpc) is 2.91. The molecule has 0 bridgehead atoms. The zero-order valence-corrected chi connectivity index (χ0v) is 11.4. The molecule has 1 heterocycles. The van der Waals surface area contributed by atoms with Crippen LogP contribution in [0.5, 0.6) is 0 Å². The smallest absolute Gasteiger partial charge is 0.335 e. The number of carboxylic acids is 2. The number of carbonyl (C=O) groups excluding carboxylic acids is 1. The van der Waals surface area contributed by atoms with Crippen LogP contribution in [0.15, 0.2) is 0 Å². The van der Waals surface area contributed by atoms with Crippen LogP contribution in [-0.4, -0.2) is 90.7 Å². The highest BCUT2D eigenvalue weighted by molar-refractivity contribution is 5.87. The summed E-state index contributed by atoms with van der Waals surface area (Å²) >= 11 is 0. The lowest BCUT2D eigenvalue weighted by Gasteiger charge is -2.23. The average molecular weight is 325 g/mol. The summed E-state index contributed by atoms with van der Waals surface area (Å²) in [5.74, 6) is -2.83. The van der Waals surface area contributed by atoms with E-state index >= 15 is 0 Å². The van der Waals surface area contributed by atoms with Crippen LogP contribution in [0.25, 0.3) is 0 Å². The minimum atomic E-state index is -2.20. The van der Waals surface area contributed by atoms with E-state index in [2.05, 4.69) is 5.32 Å². The number of carboxylic acid groups (broad SMARTS) is 2. The molecule has 11 nitrogen and oxygen atoms in total. The summed E-state index contributed by atoms with van der Waals surface area (Å²) in [6.45, 7) is -0.843. The predicted molar refractivity (Wildman–Crippen MR) is 67.5 cm³/mol. The first-order chi connectivity index (χ1) is 10.1. The third-order valence-corrected chi connectivity index (χ3v) is 2.80. The molecule has 128 valence electrons. The highest BCUT2D eigenvalue weighted by atomic mass is 16.4. The van der Waals surface area contributed by atoms with E-state index in [-0.39, 0.29) is 5.91 Å². The van der Waals surface area contributed by atoms with Gasteiger partial charge in [-0.3, -0.25) is 4.79 Å². The van der Waals surface area contributed by atoms with E-state index in [0.717, 1.165) is 0 Å². The van der Waals surface area contributed by atoms with Crippen molar-refractivity contribution in [1.29, 1.82) is 0 Å². The molecule has 22 heavy (non-hydrogen) atoms. The maximum atomic E-state index is 10.4. The van der Waals surface area contributed by atoms with Crippen LogP contribution in [0, 0.1) is 0 Å². The molecule has 0 aromatic heterocycles. The van der Waals surface area contributed by atoms with E-state index in [1.165, 1.54) is 0 Å². The first-order valence-electron chi connectivity index (χ1n) is 6.19. The maximum Gasteiger partial charge on any atom is 0.335 e. The van der Waals surface area contributed by atoms with Crippen molar-refractivity contribution in [2.24, 2.45) is 0 Å². The monoisotopic (exact) mass is 325 g/mol. The van der Waals surface area contributed by atoms with Gasteiger partial charge in [-0.1, -0.05) is 0 Å². The summed E-state index contributed by atoms with van der Waals surface area (Å²) in [5.41, 5.74) is 0. The van der Waals surface area contributed by atoms with Crippen LogP contribution in [0.4, 0.5) is 0 Å². The molecule has 1 amide bonds. The molecule has 8 N–H and O–H groups in total. The molecule has 1 aliphatic rings. The highest BCUT2D eigenvalue weighted by Gasteiger charge is 2.33. The Hall–Kier alpha value is -1.79. The van der Waals surface area contributed by atoms with Crippen molar-refractivity contribution >= 4 is 17.8 Å². The van der Waals surface area contributed by atoms with Gasteiger partial charge in [-0.25, -0.2) is 9.59 Å². The second-order valence-corrected chi connectivity index (χ2v) is 4.51. The largest absolute Gasteiger partial charge is 0.480 e. The Morgan fingerprint density at radius 3 is 1.95 bits per heavy atom. The summed E-state index contributed by atoms with van der Waals surface area (Å²) in [6, 6.07) is -0.641. The molecule has 0 spiro atoms. The predicted octanol–water partition coefficient (Wildman–Crippen LogP) is -4.14. The Kier molecular flexibility index (Phi) is 8.52. The number of hydrogen-bond donors (Lipinski definition) is 8. The molecule has 1 aliphatic heterocycles. The fourth-order valence-electron chi connectivity index (χ4n) is 1.47. The van der Waals surface area contributed by atoms with Crippen LogP contribution < -0.4 is 5.32 Å². The molecule has 0 saturated carbocycles. The van der Waals surface area contributed by atoms with E-state index in [0.29, 0.717) is 12.8 Å². The maximum absolute atomic E-state index is 10.4. The van der Waals surface area contributed by atoms with Gasteiger partial charge in [0.15, 0.2) is 6.10 Å². The van der Waals surface area contributed by atoms with E-state index in [1.807, 2.05) is 0 Å². The first kappa shape index (κ1) is 20.2. The van der Waals surface area contributed by atoms with E-state index in [9.17, 15) is 14.4 Å². The Balaban J connectivity index is 0.000000425. The van der Waals surface area contributed by atoms with Gasteiger partial charge in [0.1, 0.15) is 24.4 Å². The van der Waals surface area contributed by atoms with Crippen LogP contribution >= 0.6 is 0 Å². The van der Waals surface area contributed by atoms with Crippen molar-refractivity contribution in [3.05, 3.63) is 0 Å². The normalized spacial score (nSPS) is 22.6. The number of aliphatic hydroxyl groups excluding tert-OH is 5. The van der Waals surface area contributed by atoms with Gasteiger partial charge in [0.25, 0.3) is 0 Å². The van der Waals surface area contributed by atoms with Gasteiger partial charge in [-0.2, -0.15) is 0 Å². The van der Waals surface area contributed by atoms with Gasteiger partial charge in [0.05, 0.1) is 6.61 Å². The van der Waals surface area contributed by atoms with Crippen LogP contribution in [0.1, 0.15) is 12.8 Å². The topological polar surface area (TPSA) is 205 Å². The number of aliphatic carboxylic acids is 2. The summed E-state index contributed by atoms with van der Waals surface area (Å²) in [4.78, 5) is 30.6. The quantitative estimate of drug-likeness (QED) is 0.236. The van der Waals surface area contributed by atoms with Gasteiger partial charge < -0.3 is 41.1 Å². The zero-order chi connectivity index (χ0) is 17.4. The number of amides is 1. The number of carbonyl (C=O) groups is 3. The van der Waals surface area contributed by atoms with Crippen molar-refractivity contribution in [3.8, 4) is 0 Å². The minimum absolute atomic E-state index is 0.164. The van der Waals surface area contributed by atoms with Gasteiger partial charge in [-0.15, -0.1) is 0 Å². The lowest BCUT2D eigenvalue weighted by atomic mass is 10.0. The summed E-state index contributed by atoms with van der Waals surface area (Å²) in [5, 5.41) is 62.4. The van der Waals surface area contributed by atoms with Crippen molar-refractivity contribution in [2.45, 2.75) is 43.3 Å². The molecule has 1 rings (SSSR count). The molecule has 0 aromatic carbocycles. The Bertz CT molecular complexity index is 400. The standard InChI is InChI=1S/C6H12O7.C5H7NO3/c7-1-2(8)3(9)4(10)5(11)6(12)13;7-4-2-1-3(6-4)5(8)9/h2-5,7-11H,1H2,(H,12,13);3H,1-2H2,(H,6,7)(H,8,9)/t;3-/m.0/s1. The molecule has 4 unspecified atom stereocenters. The van der Waals surface area contributed by atoms with E-state index in [4.69, 9.17) is 35.7 Å². The second-order valence-electron chi connectivity index (χ2n) is 4.51. The highest BCUT2D eigenvalue weighted by Crippen LogP contribution is 2.05. The lowest BCUT2D eigenvalue weighted by Crippen LogP contribution is -2.48. The number of nitrogens with one attached hydrogen (secondary N) is 1. The molecule has 1 fully saturated rings. The Morgan fingerprint density at radius 1 is 1.14 bits per heavy atom. The van der Waals surface area contributed by atoms with Crippen LogP contribution in [0.2, 0.25) is 0 Å². The molecule has 11 heteroatoms. The molecule has 0 aromatic rings. The van der Waals surface area contributed by atoms with Crippen molar-refractivity contribution in [1.82, 2.24) is 5.32 Å². The zero-order valence-electron chi connectivity index (χ0n) is 11.4. The van der Waals surface area contributed by atoms with E-state index < -0.39 is 49.0 Å².